The first kappa shape index (κ1) is 31.1. The van der Waals surface area contributed by atoms with Crippen LogP contribution in [0.25, 0.3) is 0 Å². The van der Waals surface area contributed by atoms with Gasteiger partial charge in [0.1, 0.15) is 0 Å². The first-order chi connectivity index (χ1) is 10.5. The normalized spacial score (nSPS) is 8.67. The maximum atomic E-state index is 9.96. The zero-order valence-corrected chi connectivity index (χ0v) is 16.6. The molecule has 0 aromatic rings. The van der Waals surface area contributed by atoms with Crippen LogP contribution in [-0.2, 0) is 9.59 Å². The van der Waals surface area contributed by atoms with Crippen molar-refractivity contribution in [3.63, 3.8) is 0 Å². The van der Waals surface area contributed by atoms with Crippen LogP contribution in [0.1, 0.15) is 77.0 Å². The minimum Gasteiger partial charge on any atom is -1.00 e. The molecule has 0 radical (unpaired) electrons. The van der Waals surface area contributed by atoms with Crippen LogP contribution >= 0.6 is 0 Å². The molecule has 4 nitrogen and oxygen atoms in total. The first-order valence-electron chi connectivity index (χ1n) is 8.16. The van der Waals surface area contributed by atoms with Crippen molar-refractivity contribution in [1.82, 2.24) is 0 Å². The fourth-order valence-corrected chi connectivity index (χ4v) is 1.82. The fraction of sp³-hybridized carbons (Fsp3) is 0.667. The summed E-state index contributed by atoms with van der Waals surface area (Å²) in [6.07, 6.45) is 14.2. The molecule has 0 saturated heterocycles. The Balaban J connectivity index is -0.000000154. The molecule has 0 rings (SSSR count). The van der Waals surface area contributed by atoms with Gasteiger partial charge in [-0.05, 0) is 51.4 Å². The van der Waals surface area contributed by atoms with Crippen LogP contribution in [0, 0.1) is 0 Å². The molecular formula is C18H30AlClO4. The number of carbonyl (C=O) groups is 2. The number of rotatable bonds is 14. The van der Waals surface area contributed by atoms with Gasteiger partial charge in [0.15, 0.2) is 0 Å². The van der Waals surface area contributed by atoms with Crippen molar-refractivity contribution in [3.8, 4) is 0 Å². The third-order valence-electron chi connectivity index (χ3n) is 3.08. The summed E-state index contributed by atoms with van der Waals surface area (Å²) in [4.78, 5) is 19.9. The topological polar surface area (TPSA) is 80.3 Å². The molecule has 0 fully saturated rings. The predicted molar refractivity (Wildman–Crippen MR) is 91.6 cm³/mol. The standard InChI is InChI=1S/2C9H16O2.Al.ClH/c2*1-2-3-4-5-6-7-8-9(10)11;;/h2*2H,1,3-8H2,(H,10,11);;1H/q;;+3;/p-3. The molecule has 24 heavy (non-hydrogen) atoms. The number of carboxylic acids is 2. The van der Waals surface area contributed by atoms with Gasteiger partial charge in [0.25, 0.3) is 0 Å². The summed E-state index contributed by atoms with van der Waals surface area (Å²) < 4.78 is 0. The molecule has 136 valence electrons. The second-order valence-electron chi connectivity index (χ2n) is 5.23. The number of halogens is 1. The van der Waals surface area contributed by atoms with Crippen LogP contribution in [0.3, 0.4) is 0 Å². The Morgan fingerprint density at radius 2 is 0.958 bits per heavy atom. The molecule has 0 aliphatic heterocycles. The first-order valence-corrected chi connectivity index (χ1v) is 8.16. The molecule has 6 heteroatoms. The number of hydrogen-bond donors (Lipinski definition) is 0. The molecule has 0 aliphatic carbocycles. The Kier molecular flexibility index (Phi) is 35.1. The summed E-state index contributed by atoms with van der Waals surface area (Å²) in [6.45, 7) is 7.21. The molecule has 0 aromatic heterocycles. The summed E-state index contributed by atoms with van der Waals surface area (Å²) in [5.41, 5.74) is 0. The van der Waals surface area contributed by atoms with Crippen molar-refractivity contribution in [2.45, 2.75) is 77.0 Å². The molecule has 0 spiro atoms. The van der Waals surface area contributed by atoms with Crippen molar-refractivity contribution in [1.29, 1.82) is 0 Å². The Hall–Kier alpha value is -0.758. The quantitative estimate of drug-likeness (QED) is 0.226. The zero-order chi connectivity index (χ0) is 17.1. The largest absolute Gasteiger partial charge is 3.00 e. The smallest absolute Gasteiger partial charge is 1.00 e. The van der Waals surface area contributed by atoms with E-state index in [2.05, 4.69) is 13.2 Å². The molecule has 0 amide bonds. The second kappa shape index (κ2) is 27.1. The van der Waals surface area contributed by atoms with Crippen LogP contribution < -0.4 is 22.6 Å². The van der Waals surface area contributed by atoms with Gasteiger partial charge >= 0.3 is 17.4 Å². The summed E-state index contributed by atoms with van der Waals surface area (Å²) in [5, 5.41) is 19.9. The number of aliphatic carboxylic acids is 2. The van der Waals surface area contributed by atoms with Crippen molar-refractivity contribution in [2.24, 2.45) is 0 Å². The van der Waals surface area contributed by atoms with Gasteiger partial charge in [0.05, 0.1) is 0 Å². The van der Waals surface area contributed by atoms with Crippen LogP contribution in [0.4, 0.5) is 0 Å². The van der Waals surface area contributed by atoms with E-state index in [1.54, 1.807) is 0 Å². The number of carboxylic acid groups (broad SMARTS) is 2. The Labute approximate surface area is 164 Å². The maximum Gasteiger partial charge on any atom is 3.00 e. The number of allylic oxidation sites excluding steroid dienone is 2. The van der Waals surface area contributed by atoms with Crippen molar-refractivity contribution >= 4 is 29.3 Å². The summed E-state index contributed by atoms with van der Waals surface area (Å²) in [5.74, 6) is -1.87. The minimum atomic E-state index is -0.936. The van der Waals surface area contributed by atoms with Crippen molar-refractivity contribution in [2.75, 3.05) is 0 Å². The monoisotopic (exact) mass is 372 g/mol. The third kappa shape index (κ3) is 37.5. The Morgan fingerprint density at radius 1 is 0.667 bits per heavy atom. The molecular weight excluding hydrogens is 343 g/mol. The molecule has 0 aromatic carbocycles. The van der Waals surface area contributed by atoms with Gasteiger partial charge in [-0.15, -0.1) is 13.2 Å². The van der Waals surface area contributed by atoms with E-state index in [0.29, 0.717) is 0 Å². The number of carbonyl (C=O) groups excluding carboxylic acids is 2. The maximum absolute atomic E-state index is 9.96. The van der Waals surface area contributed by atoms with E-state index in [9.17, 15) is 19.8 Å². The molecule has 0 aliphatic rings. The number of unbranched alkanes of at least 4 members (excludes halogenated alkanes) is 8. The van der Waals surface area contributed by atoms with E-state index in [-0.39, 0.29) is 42.6 Å². The van der Waals surface area contributed by atoms with Gasteiger partial charge in [-0.1, -0.05) is 37.8 Å². The van der Waals surface area contributed by atoms with Crippen LogP contribution in [0.2, 0.25) is 0 Å². The van der Waals surface area contributed by atoms with E-state index < -0.39 is 11.9 Å². The van der Waals surface area contributed by atoms with E-state index >= 15 is 0 Å². The number of hydrogen-bond acceptors (Lipinski definition) is 4. The second-order valence-corrected chi connectivity index (χ2v) is 5.23. The van der Waals surface area contributed by atoms with Gasteiger partial charge in [-0.3, -0.25) is 0 Å². The molecule has 0 heterocycles. The SMILES string of the molecule is C=CCCCCCCC(=O)[O-].C=CCCCCCCC(=O)[O-].[Al+3].[Cl-]. The Bertz CT molecular complexity index is 279. The van der Waals surface area contributed by atoms with Crippen LogP contribution in [0.15, 0.2) is 25.3 Å². The van der Waals surface area contributed by atoms with Crippen LogP contribution in [-0.4, -0.2) is 29.3 Å². The van der Waals surface area contributed by atoms with Gasteiger partial charge in [-0.2, -0.15) is 0 Å². The summed E-state index contributed by atoms with van der Waals surface area (Å²) in [6, 6.07) is 0. The van der Waals surface area contributed by atoms with E-state index in [1.165, 1.54) is 0 Å². The minimum absolute atomic E-state index is 0. The van der Waals surface area contributed by atoms with Crippen LogP contribution in [0.5, 0.6) is 0 Å². The zero-order valence-electron chi connectivity index (χ0n) is 14.6. The average Bonchev–Trinajstić information content (AvgIpc) is 2.46. The van der Waals surface area contributed by atoms with Gasteiger partial charge < -0.3 is 32.2 Å². The summed E-state index contributed by atoms with van der Waals surface area (Å²) >= 11 is 0. The van der Waals surface area contributed by atoms with E-state index in [1.807, 2.05) is 12.2 Å². The fourth-order valence-electron chi connectivity index (χ4n) is 1.82. The molecule has 0 bridgehead atoms. The summed E-state index contributed by atoms with van der Waals surface area (Å²) in [7, 11) is 0. The Morgan fingerprint density at radius 3 is 1.21 bits per heavy atom. The van der Waals surface area contributed by atoms with Gasteiger partial charge in [-0.25, -0.2) is 0 Å². The molecule has 0 saturated carbocycles. The molecule has 0 N–H and O–H groups in total. The van der Waals surface area contributed by atoms with E-state index in [0.717, 1.165) is 64.2 Å². The van der Waals surface area contributed by atoms with Crippen molar-refractivity contribution in [3.05, 3.63) is 25.3 Å². The third-order valence-corrected chi connectivity index (χ3v) is 3.08. The molecule has 0 unspecified atom stereocenters. The van der Waals surface area contributed by atoms with Gasteiger partial charge in [0, 0.05) is 11.9 Å². The average molecular weight is 373 g/mol. The van der Waals surface area contributed by atoms with Gasteiger partial charge in [0.2, 0.25) is 0 Å². The molecule has 0 atom stereocenters. The van der Waals surface area contributed by atoms with E-state index in [4.69, 9.17) is 0 Å². The van der Waals surface area contributed by atoms with Crippen molar-refractivity contribution < 1.29 is 32.2 Å². The predicted octanol–water partition coefficient (Wildman–Crippen LogP) is -0.851.